The van der Waals surface area contributed by atoms with Gasteiger partial charge in [-0.3, -0.25) is 0 Å². The molecular formula is C56H45NO. The van der Waals surface area contributed by atoms with Crippen LogP contribution in [0.3, 0.4) is 0 Å². The van der Waals surface area contributed by atoms with E-state index < -0.39 is 0 Å². The molecule has 3 aliphatic rings. The molecule has 0 radical (unpaired) electrons. The Hall–Kier alpha value is -6.64. The fourth-order valence-electron chi connectivity index (χ4n) is 9.73. The van der Waals surface area contributed by atoms with Crippen LogP contribution in [0.5, 0.6) is 0 Å². The summed E-state index contributed by atoms with van der Waals surface area (Å²) in [5, 5.41) is 6.33. The number of nitrogens with zero attached hydrogens (tertiary/aromatic N) is 1. The van der Waals surface area contributed by atoms with E-state index in [1.807, 2.05) is 0 Å². The number of rotatable bonds is 7. The lowest BCUT2D eigenvalue weighted by atomic mass is 9.80. The first kappa shape index (κ1) is 34.6. The molecular weight excluding hydrogens is 703 g/mol. The highest BCUT2D eigenvalue weighted by Gasteiger charge is 2.24. The summed E-state index contributed by atoms with van der Waals surface area (Å²) in [4.78, 5) is 2.37. The number of benzene rings is 7. The maximum absolute atomic E-state index is 6.77. The lowest BCUT2D eigenvalue weighted by Crippen LogP contribution is -2.10. The molecule has 58 heavy (non-hydrogen) atoms. The number of hydrogen-bond acceptors (Lipinski definition) is 2. The maximum Gasteiger partial charge on any atom is 0.137 e. The van der Waals surface area contributed by atoms with Crippen molar-refractivity contribution in [3.05, 3.63) is 210 Å². The van der Waals surface area contributed by atoms with E-state index in [1.54, 1.807) is 0 Å². The molecule has 2 nitrogen and oxygen atoms in total. The summed E-state index contributed by atoms with van der Waals surface area (Å²) < 4.78 is 6.77. The molecule has 0 saturated carbocycles. The minimum Gasteiger partial charge on any atom is -0.456 e. The van der Waals surface area contributed by atoms with E-state index in [4.69, 9.17) is 4.42 Å². The van der Waals surface area contributed by atoms with E-state index >= 15 is 0 Å². The van der Waals surface area contributed by atoms with Gasteiger partial charge in [-0.1, -0.05) is 127 Å². The minimum absolute atomic E-state index is 0.615. The van der Waals surface area contributed by atoms with Gasteiger partial charge in [0.15, 0.2) is 0 Å². The van der Waals surface area contributed by atoms with E-state index in [1.165, 1.54) is 77.9 Å². The first-order chi connectivity index (χ1) is 28.7. The zero-order chi connectivity index (χ0) is 38.4. The summed E-state index contributed by atoms with van der Waals surface area (Å²) >= 11 is 0. The largest absolute Gasteiger partial charge is 0.456 e. The molecule has 1 aromatic heterocycles. The van der Waals surface area contributed by atoms with Crippen LogP contribution < -0.4 is 4.90 Å². The SMILES string of the molecule is C1=CC(c2ccc(N(c3ccc(-c4cc5ccccc5c5ccccc45)cc3)c3ccc4c5c(oc4c3)C=C(C3=CCC(c4ccccc4)CC3)CC5)cc2)=CCC1. The second-order valence-electron chi connectivity index (χ2n) is 16.2. The van der Waals surface area contributed by atoms with Crippen LogP contribution >= 0.6 is 0 Å². The van der Waals surface area contributed by atoms with Crippen molar-refractivity contribution in [1.82, 2.24) is 0 Å². The second-order valence-corrected chi connectivity index (χ2v) is 16.2. The Morgan fingerprint density at radius 2 is 1.26 bits per heavy atom. The predicted octanol–water partition coefficient (Wildman–Crippen LogP) is 15.8. The number of allylic oxidation sites excluding steroid dienone is 7. The molecule has 1 heterocycles. The number of anilines is 3. The molecule has 280 valence electrons. The van der Waals surface area contributed by atoms with Gasteiger partial charge in [-0.05, 0) is 160 Å². The molecule has 7 aromatic carbocycles. The van der Waals surface area contributed by atoms with Gasteiger partial charge in [0.25, 0.3) is 0 Å². The van der Waals surface area contributed by atoms with Crippen molar-refractivity contribution >= 4 is 61.2 Å². The van der Waals surface area contributed by atoms with E-state index in [2.05, 4.69) is 187 Å². The fourth-order valence-corrected chi connectivity index (χ4v) is 9.73. The second kappa shape index (κ2) is 14.7. The van der Waals surface area contributed by atoms with Gasteiger partial charge in [0, 0.05) is 34.1 Å². The van der Waals surface area contributed by atoms with Crippen LogP contribution in [0, 0.1) is 0 Å². The van der Waals surface area contributed by atoms with Gasteiger partial charge in [0.1, 0.15) is 11.3 Å². The van der Waals surface area contributed by atoms with Crippen molar-refractivity contribution in [1.29, 1.82) is 0 Å². The van der Waals surface area contributed by atoms with Crippen LogP contribution in [0.25, 0.3) is 55.3 Å². The van der Waals surface area contributed by atoms with Crippen molar-refractivity contribution in [2.24, 2.45) is 0 Å². The molecule has 8 aromatic rings. The average Bonchev–Trinajstić information content (AvgIpc) is 3.67. The maximum atomic E-state index is 6.77. The monoisotopic (exact) mass is 747 g/mol. The molecule has 0 saturated heterocycles. The molecule has 11 rings (SSSR count). The minimum atomic E-state index is 0.615. The molecule has 1 atom stereocenters. The molecule has 0 spiro atoms. The van der Waals surface area contributed by atoms with Crippen LogP contribution in [-0.2, 0) is 6.42 Å². The van der Waals surface area contributed by atoms with Gasteiger partial charge in [-0.2, -0.15) is 0 Å². The van der Waals surface area contributed by atoms with Crippen molar-refractivity contribution in [2.75, 3.05) is 4.90 Å². The summed E-state index contributed by atoms with van der Waals surface area (Å²) in [7, 11) is 0. The van der Waals surface area contributed by atoms with Crippen molar-refractivity contribution in [3.8, 4) is 11.1 Å². The lowest BCUT2D eigenvalue weighted by Gasteiger charge is -2.26. The number of fused-ring (bicyclic) bond motifs is 6. The first-order valence-corrected chi connectivity index (χ1v) is 21.0. The molecule has 3 aliphatic carbocycles. The normalized spacial score (nSPS) is 16.6. The van der Waals surface area contributed by atoms with Crippen LogP contribution in [0.15, 0.2) is 192 Å². The Labute approximate surface area is 340 Å². The molecule has 2 heteroatoms. The van der Waals surface area contributed by atoms with Crippen molar-refractivity contribution in [3.63, 3.8) is 0 Å². The standard InChI is InChI=1S/C56H45NO/c1-3-11-38(12-4-1)40-19-21-42(22-20-40)44-27-33-52-53-34-32-48(37-56(53)58-55(52)36-44)57(46-28-23-41(24-29-46)39-13-5-2-6-14-39)47-30-25-43(26-31-47)54-35-45-15-7-8-16-49(45)50-17-9-10-18-51(50)54/h1,3-5,7-18,21,23-26,28-32,34-37,40H,2,6,19-20,22,27,33H2. The highest BCUT2D eigenvalue weighted by Crippen LogP contribution is 2.44. The van der Waals surface area contributed by atoms with Gasteiger partial charge in [-0.25, -0.2) is 0 Å². The van der Waals surface area contributed by atoms with Crippen LogP contribution in [-0.4, -0.2) is 0 Å². The molecule has 0 N–H and O–H groups in total. The summed E-state index contributed by atoms with van der Waals surface area (Å²) in [6.45, 7) is 0. The van der Waals surface area contributed by atoms with Crippen LogP contribution in [0.4, 0.5) is 17.1 Å². The predicted molar refractivity (Wildman–Crippen MR) is 245 cm³/mol. The Balaban J connectivity index is 0.955. The summed E-state index contributed by atoms with van der Waals surface area (Å²) in [5.74, 6) is 1.64. The highest BCUT2D eigenvalue weighted by molar-refractivity contribution is 6.13. The number of furan rings is 1. The van der Waals surface area contributed by atoms with Crippen molar-refractivity contribution in [2.45, 2.75) is 50.9 Å². The quantitative estimate of drug-likeness (QED) is 0.151. The van der Waals surface area contributed by atoms with Gasteiger partial charge in [-0.15, -0.1) is 0 Å². The zero-order valence-electron chi connectivity index (χ0n) is 32.7. The van der Waals surface area contributed by atoms with Gasteiger partial charge >= 0.3 is 0 Å². The topological polar surface area (TPSA) is 16.4 Å². The zero-order valence-corrected chi connectivity index (χ0v) is 32.7. The summed E-state index contributed by atoms with van der Waals surface area (Å²) in [6.07, 6.45) is 19.4. The molecule has 0 aliphatic heterocycles. The highest BCUT2D eigenvalue weighted by atomic mass is 16.3. The molecule has 1 unspecified atom stereocenters. The fraction of sp³-hybridized carbons (Fsp3) is 0.143. The van der Waals surface area contributed by atoms with Crippen LogP contribution in [0.2, 0.25) is 0 Å². The lowest BCUT2D eigenvalue weighted by molar-refractivity contribution is 0.586. The third-order valence-corrected chi connectivity index (χ3v) is 12.8. The van der Waals surface area contributed by atoms with E-state index in [0.29, 0.717) is 5.92 Å². The van der Waals surface area contributed by atoms with E-state index in [9.17, 15) is 0 Å². The Bertz CT molecular complexity index is 2960. The Morgan fingerprint density at radius 3 is 2.02 bits per heavy atom. The van der Waals surface area contributed by atoms with E-state index in [-0.39, 0.29) is 0 Å². The third kappa shape index (κ3) is 6.30. The summed E-state index contributed by atoms with van der Waals surface area (Å²) in [5.41, 5.74) is 15.0. The molecule has 0 bridgehead atoms. The first-order valence-electron chi connectivity index (χ1n) is 21.0. The number of aryl methyl sites for hydroxylation is 1. The van der Waals surface area contributed by atoms with Gasteiger partial charge < -0.3 is 9.32 Å². The molecule has 0 amide bonds. The van der Waals surface area contributed by atoms with E-state index in [0.717, 1.165) is 66.9 Å². The third-order valence-electron chi connectivity index (χ3n) is 12.8. The number of hydrogen-bond donors (Lipinski definition) is 0. The van der Waals surface area contributed by atoms with Gasteiger partial charge in [0.05, 0.1) is 0 Å². The van der Waals surface area contributed by atoms with Crippen molar-refractivity contribution < 1.29 is 4.42 Å². The molecule has 0 fully saturated rings. The summed E-state index contributed by atoms with van der Waals surface area (Å²) in [6, 6.07) is 55.8. The smallest absolute Gasteiger partial charge is 0.137 e. The average molecular weight is 748 g/mol. The Morgan fingerprint density at radius 1 is 0.534 bits per heavy atom. The van der Waals surface area contributed by atoms with Crippen LogP contribution in [0.1, 0.15) is 66.9 Å². The Kier molecular flexibility index (Phi) is 8.77. The van der Waals surface area contributed by atoms with Gasteiger partial charge in [0.2, 0.25) is 0 Å².